The Morgan fingerprint density at radius 2 is 1.00 bits per heavy atom. The van der Waals surface area contributed by atoms with Crippen molar-refractivity contribution in [2.45, 2.75) is 0 Å². The van der Waals surface area contributed by atoms with Gasteiger partial charge in [-0.25, -0.2) is 14.8 Å². The molecule has 0 saturated carbocycles. The Labute approximate surface area is 298 Å². The van der Waals surface area contributed by atoms with Gasteiger partial charge in [-0.1, -0.05) is 121 Å². The third-order valence-corrected chi connectivity index (χ3v) is 10.5. The smallest absolute Gasteiger partial charge is 0.194 e. The Morgan fingerprint density at radius 1 is 0.423 bits per heavy atom. The predicted octanol–water partition coefficient (Wildman–Crippen LogP) is 12.3. The van der Waals surface area contributed by atoms with Crippen molar-refractivity contribution in [1.82, 2.24) is 19.1 Å². The number of hydrogen-bond donors (Lipinski definition) is 0. The molecule has 0 bridgehead atoms. The molecule has 0 spiro atoms. The molecule has 52 heavy (non-hydrogen) atoms. The van der Waals surface area contributed by atoms with Crippen LogP contribution < -0.4 is 0 Å². The average molecular weight is 662 g/mol. The predicted molar refractivity (Wildman–Crippen MR) is 215 cm³/mol. The second kappa shape index (κ2) is 10.9. The Bertz CT molecular complexity index is 3270. The average Bonchev–Trinajstić information content (AvgIpc) is 3.72. The molecule has 3 aromatic heterocycles. The van der Waals surface area contributed by atoms with Crippen molar-refractivity contribution < 1.29 is 0 Å². The number of hydrogen-bond acceptors (Lipinski definition) is 2. The number of nitrogens with zero attached hydrogens (tertiary/aromatic N) is 5. The molecule has 0 aliphatic rings. The van der Waals surface area contributed by atoms with Crippen LogP contribution in [0.5, 0.6) is 0 Å². The summed E-state index contributed by atoms with van der Waals surface area (Å²) in [5, 5.41) is 9.80. The van der Waals surface area contributed by atoms with E-state index >= 15 is 0 Å². The highest BCUT2D eigenvalue weighted by molar-refractivity contribution is 6.14. The summed E-state index contributed by atoms with van der Waals surface area (Å²) in [6, 6.07) is 57.3. The van der Waals surface area contributed by atoms with E-state index in [1.807, 2.05) is 30.3 Å². The SMILES string of the molecule is [C-]#[N+]c1ccc(-c2nc(-n3c4ccccc4c4cc(-n5c6ccccc6c6ccccc65)ccc43)c3ccc4ccccc4c3n2)c2ccccc12. The molecular formula is C47H27N5. The maximum absolute atomic E-state index is 7.81. The van der Waals surface area contributed by atoms with Crippen molar-refractivity contribution in [3.63, 3.8) is 0 Å². The number of para-hydroxylation sites is 3. The van der Waals surface area contributed by atoms with E-state index in [1.165, 1.54) is 21.8 Å². The second-order valence-electron chi connectivity index (χ2n) is 13.3. The topological polar surface area (TPSA) is 40.0 Å². The van der Waals surface area contributed by atoms with Crippen LogP contribution in [0.1, 0.15) is 0 Å². The molecule has 5 heteroatoms. The molecule has 0 unspecified atom stereocenters. The summed E-state index contributed by atoms with van der Waals surface area (Å²) in [6.45, 7) is 7.81. The lowest BCUT2D eigenvalue weighted by molar-refractivity contribution is 1.08. The fourth-order valence-electron chi connectivity index (χ4n) is 8.24. The monoisotopic (exact) mass is 661 g/mol. The number of benzene rings is 8. The summed E-state index contributed by atoms with van der Waals surface area (Å²) in [5.41, 5.74) is 8.02. The van der Waals surface area contributed by atoms with Crippen LogP contribution in [0.15, 0.2) is 164 Å². The molecule has 5 nitrogen and oxygen atoms in total. The molecule has 11 aromatic rings. The van der Waals surface area contributed by atoms with Crippen molar-refractivity contribution in [2.24, 2.45) is 0 Å². The molecular weight excluding hydrogens is 635 g/mol. The van der Waals surface area contributed by atoms with Crippen molar-refractivity contribution in [3.8, 4) is 22.9 Å². The molecule has 0 radical (unpaired) electrons. The van der Waals surface area contributed by atoms with Gasteiger partial charge in [-0.15, -0.1) is 0 Å². The second-order valence-corrected chi connectivity index (χ2v) is 13.3. The molecule has 0 atom stereocenters. The standard InChI is InChI=1S/C47H27N5/c1-48-40-26-25-37(32-14-4-5-15-33(32)40)46-49-45-31-13-3-2-12-29(31)22-24-38(45)47(50-46)52-43-21-11-8-18-36(43)39-28-30(23-27-44(39)52)51-41-19-9-6-16-34(41)35-17-7-10-20-42(35)51/h2-28H. The maximum atomic E-state index is 7.81. The lowest BCUT2D eigenvalue weighted by atomic mass is 10.0. The van der Waals surface area contributed by atoms with Crippen LogP contribution in [-0.2, 0) is 0 Å². The Kier molecular flexibility index (Phi) is 5.96. The first-order chi connectivity index (χ1) is 25.8. The largest absolute Gasteiger partial charge is 0.309 e. The fraction of sp³-hybridized carbons (Fsp3) is 0. The van der Waals surface area contributed by atoms with Gasteiger partial charge in [0.05, 0.1) is 34.2 Å². The summed E-state index contributed by atoms with van der Waals surface area (Å²) in [7, 11) is 0. The minimum absolute atomic E-state index is 0.618. The molecule has 0 N–H and O–H groups in total. The summed E-state index contributed by atoms with van der Waals surface area (Å²) in [6.07, 6.45) is 0. The van der Waals surface area contributed by atoms with E-state index in [0.717, 1.165) is 71.3 Å². The van der Waals surface area contributed by atoms with Crippen molar-refractivity contribution >= 4 is 81.7 Å². The molecule has 8 aromatic carbocycles. The van der Waals surface area contributed by atoms with Gasteiger partial charge in [0.15, 0.2) is 11.5 Å². The molecule has 0 aliphatic carbocycles. The van der Waals surface area contributed by atoms with Crippen molar-refractivity contribution in [1.29, 1.82) is 0 Å². The van der Waals surface area contributed by atoms with Crippen molar-refractivity contribution in [2.75, 3.05) is 0 Å². The zero-order chi connectivity index (χ0) is 34.3. The summed E-state index contributed by atoms with van der Waals surface area (Å²) in [4.78, 5) is 14.6. The van der Waals surface area contributed by atoms with Gasteiger partial charge in [-0.3, -0.25) is 4.57 Å². The molecule has 240 valence electrons. The van der Waals surface area contributed by atoms with Crippen LogP contribution in [0.25, 0.3) is 104 Å². The first-order valence-electron chi connectivity index (χ1n) is 17.4. The van der Waals surface area contributed by atoms with E-state index in [9.17, 15) is 0 Å². The normalized spacial score (nSPS) is 11.8. The van der Waals surface area contributed by atoms with Crippen LogP contribution in [0, 0.1) is 6.57 Å². The Balaban J connectivity index is 1.24. The Morgan fingerprint density at radius 3 is 1.71 bits per heavy atom. The van der Waals surface area contributed by atoms with E-state index in [0.29, 0.717) is 11.5 Å². The van der Waals surface area contributed by atoms with Crippen LogP contribution in [0.2, 0.25) is 0 Å². The van der Waals surface area contributed by atoms with Crippen LogP contribution in [0.3, 0.4) is 0 Å². The molecule has 0 saturated heterocycles. The third kappa shape index (κ3) is 3.98. The minimum Gasteiger partial charge on any atom is -0.309 e. The molecule has 0 aliphatic heterocycles. The molecule has 0 fully saturated rings. The number of aromatic nitrogens is 4. The lowest BCUT2D eigenvalue weighted by Gasteiger charge is -2.15. The van der Waals surface area contributed by atoms with Gasteiger partial charge >= 0.3 is 0 Å². The van der Waals surface area contributed by atoms with Gasteiger partial charge in [0.1, 0.15) is 5.82 Å². The van der Waals surface area contributed by atoms with Crippen molar-refractivity contribution in [3.05, 3.63) is 175 Å². The van der Waals surface area contributed by atoms with Gasteiger partial charge < -0.3 is 4.57 Å². The molecule has 3 heterocycles. The van der Waals surface area contributed by atoms with Crippen LogP contribution >= 0.6 is 0 Å². The highest BCUT2D eigenvalue weighted by atomic mass is 15.1. The fourth-order valence-corrected chi connectivity index (χ4v) is 8.24. The van der Waals surface area contributed by atoms with Crippen LogP contribution in [0.4, 0.5) is 5.69 Å². The first-order valence-corrected chi connectivity index (χ1v) is 17.4. The van der Waals surface area contributed by atoms with E-state index in [4.69, 9.17) is 16.5 Å². The summed E-state index contributed by atoms with van der Waals surface area (Å²) >= 11 is 0. The van der Waals surface area contributed by atoms with Gasteiger partial charge in [0.2, 0.25) is 0 Å². The lowest BCUT2D eigenvalue weighted by Crippen LogP contribution is -2.03. The highest BCUT2D eigenvalue weighted by Crippen LogP contribution is 2.40. The van der Waals surface area contributed by atoms with Gasteiger partial charge in [-0.05, 0) is 58.6 Å². The van der Waals surface area contributed by atoms with Gasteiger partial charge in [0, 0.05) is 43.6 Å². The van der Waals surface area contributed by atoms with E-state index in [2.05, 4.69) is 147 Å². The number of fused-ring (bicyclic) bond motifs is 10. The summed E-state index contributed by atoms with van der Waals surface area (Å²) in [5.74, 6) is 1.44. The minimum atomic E-state index is 0.618. The zero-order valence-electron chi connectivity index (χ0n) is 27.8. The molecule has 11 rings (SSSR count). The number of rotatable bonds is 3. The quantitative estimate of drug-likeness (QED) is 0.140. The van der Waals surface area contributed by atoms with Gasteiger partial charge in [0.25, 0.3) is 0 Å². The zero-order valence-corrected chi connectivity index (χ0v) is 27.8. The van der Waals surface area contributed by atoms with E-state index in [-0.39, 0.29) is 0 Å². The Hall–Kier alpha value is -7.29. The third-order valence-electron chi connectivity index (χ3n) is 10.5. The van der Waals surface area contributed by atoms with Gasteiger partial charge in [-0.2, -0.15) is 0 Å². The highest BCUT2D eigenvalue weighted by Gasteiger charge is 2.21. The summed E-state index contributed by atoms with van der Waals surface area (Å²) < 4.78 is 4.68. The molecule has 0 amide bonds. The first kappa shape index (κ1) is 28.5. The van der Waals surface area contributed by atoms with Crippen LogP contribution in [-0.4, -0.2) is 19.1 Å². The van der Waals surface area contributed by atoms with E-state index < -0.39 is 0 Å². The maximum Gasteiger partial charge on any atom is 0.194 e. The van der Waals surface area contributed by atoms with E-state index in [1.54, 1.807) is 0 Å².